The molecule has 2 heterocycles. The fourth-order valence-corrected chi connectivity index (χ4v) is 2.39. The van der Waals surface area contributed by atoms with Gasteiger partial charge in [-0.15, -0.1) is 0 Å². The SMILES string of the molecule is O=C1NN=C(c2ccc3c(c2)C(=O)C(=O)N3)CS1. The number of anilines is 1. The standard InChI is InChI=1S/C11H7N3O3S/c15-9-6-3-5(1-2-7(6)12-10(9)16)8-4-18-11(17)14-13-8/h1-3H,4H2,(H,14,17)(H,12,15,16). The second-order valence-electron chi connectivity index (χ2n) is 3.79. The van der Waals surface area contributed by atoms with Crippen LogP contribution in [0.4, 0.5) is 10.5 Å². The molecule has 0 saturated carbocycles. The summed E-state index contributed by atoms with van der Waals surface area (Å²) in [5.41, 5.74) is 4.63. The Hall–Kier alpha value is -2.15. The van der Waals surface area contributed by atoms with Gasteiger partial charge in [0.15, 0.2) is 0 Å². The number of nitrogens with zero attached hydrogens (tertiary/aromatic N) is 1. The van der Waals surface area contributed by atoms with Gasteiger partial charge < -0.3 is 5.32 Å². The van der Waals surface area contributed by atoms with Gasteiger partial charge in [0.25, 0.3) is 16.9 Å². The molecule has 2 amide bonds. The molecule has 0 aliphatic carbocycles. The highest BCUT2D eigenvalue weighted by Crippen LogP contribution is 2.25. The number of carbonyl (C=O) groups excluding carboxylic acids is 3. The summed E-state index contributed by atoms with van der Waals surface area (Å²) in [5.74, 6) is -0.712. The highest BCUT2D eigenvalue weighted by Gasteiger charge is 2.28. The maximum Gasteiger partial charge on any atom is 0.299 e. The van der Waals surface area contributed by atoms with E-state index >= 15 is 0 Å². The van der Waals surface area contributed by atoms with Crippen LogP contribution in [0.5, 0.6) is 0 Å². The number of benzene rings is 1. The van der Waals surface area contributed by atoms with Crippen molar-refractivity contribution < 1.29 is 14.4 Å². The summed E-state index contributed by atoms with van der Waals surface area (Å²) >= 11 is 1.11. The fraction of sp³-hybridized carbons (Fsp3) is 0.0909. The van der Waals surface area contributed by atoms with Crippen molar-refractivity contribution in [1.29, 1.82) is 0 Å². The molecule has 0 saturated heterocycles. The molecule has 0 fully saturated rings. The van der Waals surface area contributed by atoms with Crippen LogP contribution in [0.25, 0.3) is 0 Å². The Morgan fingerprint density at radius 2 is 2.06 bits per heavy atom. The molecule has 3 rings (SSSR count). The van der Waals surface area contributed by atoms with Gasteiger partial charge in [-0.05, 0) is 17.7 Å². The van der Waals surface area contributed by atoms with Crippen molar-refractivity contribution in [2.45, 2.75) is 0 Å². The molecule has 7 heteroatoms. The van der Waals surface area contributed by atoms with Gasteiger partial charge in [0, 0.05) is 5.75 Å². The molecule has 0 aromatic heterocycles. The average Bonchev–Trinajstić information content (AvgIpc) is 2.66. The van der Waals surface area contributed by atoms with Gasteiger partial charge in [-0.25, -0.2) is 5.43 Å². The van der Waals surface area contributed by atoms with Gasteiger partial charge >= 0.3 is 0 Å². The number of thioether (sulfide) groups is 1. The second-order valence-corrected chi connectivity index (χ2v) is 4.74. The zero-order valence-corrected chi connectivity index (χ0v) is 9.84. The Labute approximate surface area is 106 Å². The number of rotatable bonds is 1. The number of Topliss-reactive ketones (excluding diaryl/α,β-unsaturated/α-hetero) is 1. The first kappa shape index (κ1) is 11.0. The van der Waals surface area contributed by atoms with Crippen molar-refractivity contribution in [1.82, 2.24) is 5.43 Å². The molecule has 0 spiro atoms. The third kappa shape index (κ3) is 1.68. The molecule has 2 aliphatic heterocycles. The molecule has 1 aromatic rings. The Morgan fingerprint density at radius 1 is 1.22 bits per heavy atom. The van der Waals surface area contributed by atoms with E-state index in [4.69, 9.17) is 0 Å². The first-order chi connectivity index (χ1) is 8.65. The summed E-state index contributed by atoms with van der Waals surface area (Å²) in [6.07, 6.45) is 0. The van der Waals surface area contributed by atoms with Crippen LogP contribution in [0.3, 0.4) is 0 Å². The molecule has 0 unspecified atom stereocenters. The Balaban J connectivity index is 1.99. The van der Waals surface area contributed by atoms with Crippen molar-refractivity contribution in [3.63, 3.8) is 0 Å². The van der Waals surface area contributed by atoms with Crippen LogP contribution in [-0.4, -0.2) is 28.4 Å². The highest BCUT2D eigenvalue weighted by atomic mass is 32.2. The van der Waals surface area contributed by atoms with E-state index in [0.29, 0.717) is 22.7 Å². The van der Waals surface area contributed by atoms with Crippen molar-refractivity contribution in [3.8, 4) is 0 Å². The summed E-state index contributed by atoms with van der Waals surface area (Å²) in [6, 6.07) is 5.04. The van der Waals surface area contributed by atoms with Gasteiger partial charge in [0.05, 0.1) is 17.0 Å². The van der Waals surface area contributed by atoms with E-state index in [-0.39, 0.29) is 5.24 Å². The first-order valence-corrected chi connectivity index (χ1v) is 6.13. The van der Waals surface area contributed by atoms with Crippen molar-refractivity contribution >= 4 is 40.1 Å². The first-order valence-electron chi connectivity index (χ1n) is 5.14. The number of hydrogen-bond acceptors (Lipinski definition) is 5. The molecule has 0 atom stereocenters. The summed E-state index contributed by atoms with van der Waals surface area (Å²) in [6.45, 7) is 0. The average molecular weight is 261 g/mol. The molecule has 0 radical (unpaired) electrons. The molecular weight excluding hydrogens is 254 g/mol. The normalized spacial score (nSPS) is 18.0. The number of fused-ring (bicyclic) bond motifs is 1. The minimum Gasteiger partial charge on any atom is -0.318 e. The predicted octanol–water partition coefficient (Wildman–Crippen LogP) is 0.982. The lowest BCUT2D eigenvalue weighted by atomic mass is 10.0. The summed E-state index contributed by atoms with van der Waals surface area (Å²) in [7, 11) is 0. The van der Waals surface area contributed by atoms with E-state index < -0.39 is 11.7 Å². The van der Waals surface area contributed by atoms with E-state index in [9.17, 15) is 14.4 Å². The minimum atomic E-state index is -0.615. The maximum absolute atomic E-state index is 11.6. The number of amides is 2. The topological polar surface area (TPSA) is 87.6 Å². The van der Waals surface area contributed by atoms with Crippen LogP contribution in [-0.2, 0) is 4.79 Å². The van der Waals surface area contributed by atoms with Gasteiger partial charge in [0.2, 0.25) is 0 Å². The number of hydrazone groups is 1. The van der Waals surface area contributed by atoms with Gasteiger partial charge in [-0.2, -0.15) is 5.10 Å². The third-order valence-electron chi connectivity index (χ3n) is 2.67. The smallest absolute Gasteiger partial charge is 0.299 e. The Bertz CT molecular complexity index is 624. The number of nitrogens with one attached hydrogen (secondary N) is 2. The van der Waals surface area contributed by atoms with Gasteiger partial charge in [-0.3, -0.25) is 14.4 Å². The predicted molar refractivity (Wildman–Crippen MR) is 66.9 cm³/mol. The quantitative estimate of drug-likeness (QED) is 0.738. The lowest BCUT2D eigenvalue weighted by Gasteiger charge is -2.11. The second kappa shape index (κ2) is 3.95. The Morgan fingerprint density at radius 3 is 2.78 bits per heavy atom. The van der Waals surface area contributed by atoms with Crippen LogP contribution in [0.15, 0.2) is 23.3 Å². The van der Waals surface area contributed by atoms with E-state index in [1.54, 1.807) is 18.2 Å². The minimum absolute atomic E-state index is 0.201. The number of ketones is 1. The van der Waals surface area contributed by atoms with E-state index in [1.165, 1.54) is 0 Å². The molecule has 2 N–H and O–H groups in total. The molecule has 1 aromatic carbocycles. The Kier molecular flexibility index (Phi) is 2.41. The summed E-state index contributed by atoms with van der Waals surface area (Å²) < 4.78 is 0. The van der Waals surface area contributed by atoms with Gasteiger partial charge in [-0.1, -0.05) is 17.8 Å². The van der Waals surface area contributed by atoms with Gasteiger partial charge in [0.1, 0.15) is 0 Å². The molecule has 0 bridgehead atoms. The van der Waals surface area contributed by atoms with Crippen LogP contribution in [0.1, 0.15) is 15.9 Å². The number of hydrogen-bond donors (Lipinski definition) is 2. The lowest BCUT2D eigenvalue weighted by molar-refractivity contribution is -0.112. The van der Waals surface area contributed by atoms with Crippen LogP contribution in [0.2, 0.25) is 0 Å². The fourth-order valence-electron chi connectivity index (χ4n) is 1.78. The van der Waals surface area contributed by atoms with Crippen molar-refractivity contribution in [2.75, 3.05) is 11.1 Å². The molecule has 6 nitrogen and oxygen atoms in total. The van der Waals surface area contributed by atoms with Crippen LogP contribution in [0, 0.1) is 0 Å². The van der Waals surface area contributed by atoms with Crippen molar-refractivity contribution in [3.05, 3.63) is 29.3 Å². The summed E-state index contributed by atoms with van der Waals surface area (Å²) in [5, 5.41) is 6.21. The monoisotopic (exact) mass is 261 g/mol. The van der Waals surface area contributed by atoms with E-state index in [0.717, 1.165) is 17.3 Å². The lowest BCUT2D eigenvalue weighted by Crippen LogP contribution is -2.23. The number of carbonyl (C=O) groups is 3. The van der Waals surface area contributed by atoms with E-state index in [2.05, 4.69) is 15.8 Å². The van der Waals surface area contributed by atoms with E-state index in [1.807, 2.05) is 0 Å². The highest BCUT2D eigenvalue weighted by molar-refractivity contribution is 8.14. The third-order valence-corrected chi connectivity index (χ3v) is 3.45. The molecule has 18 heavy (non-hydrogen) atoms. The largest absolute Gasteiger partial charge is 0.318 e. The van der Waals surface area contributed by atoms with Crippen molar-refractivity contribution in [2.24, 2.45) is 5.10 Å². The van der Waals surface area contributed by atoms with Crippen LogP contribution < -0.4 is 10.7 Å². The summed E-state index contributed by atoms with van der Waals surface area (Å²) in [4.78, 5) is 33.7. The molecule has 90 valence electrons. The van der Waals surface area contributed by atoms with Crippen LogP contribution >= 0.6 is 11.8 Å². The zero-order chi connectivity index (χ0) is 12.7. The zero-order valence-electron chi connectivity index (χ0n) is 9.02. The molecular formula is C11H7N3O3S. The molecule has 2 aliphatic rings. The maximum atomic E-state index is 11.6.